The van der Waals surface area contributed by atoms with Crippen molar-refractivity contribution in [2.24, 2.45) is 5.92 Å². The van der Waals surface area contributed by atoms with Crippen LogP contribution < -0.4 is 0 Å². The maximum atomic E-state index is 12.9. The molecule has 1 fully saturated rings. The monoisotopic (exact) mass is 405 g/mol. The van der Waals surface area contributed by atoms with Gasteiger partial charge < -0.3 is 9.32 Å². The molecule has 0 N–H and O–H groups in total. The fraction of sp³-hybridized carbons (Fsp3) is 0.435. The Labute approximate surface area is 176 Å². The number of hydrogen-bond donors (Lipinski definition) is 0. The van der Waals surface area contributed by atoms with Gasteiger partial charge >= 0.3 is 0 Å². The number of carbonyl (C=O) groups excluding carboxylic acids is 1. The summed E-state index contributed by atoms with van der Waals surface area (Å²) in [4.78, 5) is 17.1. The molecule has 2 aromatic heterocycles. The summed E-state index contributed by atoms with van der Waals surface area (Å²) in [6.07, 6.45) is 5.37. The lowest BCUT2D eigenvalue weighted by atomic mass is 9.97. The van der Waals surface area contributed by atoms with Crippen molar-refractivity contribution in [1.82, 2.24) is 24.8 Å². The fourth-order valence-electron chi connectivity index (χ4n) is 4.31. The lowest BCUT2D eigenvalue weighted by Crippen LogP contribution is -2.32. The molecule has 7 heteroatoms. The number of amides is 1. The minimum absolute atomic E-state index is 0.157. The van der Waals surface area contributed by atoms with Crippen LogP contribution in [0.15, 0.2) is 41.0 Å². The summed E-state index contributed by atoms with van der Waals surface area (Å²) in [5.41, 5.74) is 4.86. The summed E-state index contributed by atoms with van der Waals surface area (Å²) < 4.78 is 7.18. The normalized spacial score (nSPS) is 16.5. The van der Waals surface area contributed by atoms with E-state index < -0.39 is 0 Å². The second kappa shape index (κ2) is 7.72. The number of carbonyl (C=O) groups is 1. The Hall–Kier alpha value is -2.93. The highest BCUT2D eigenvalue weighted by molar-refractivity contribution is 5.93. The second-order valence-corrected chi connectivity index (χ2v) is 8.52. The summed E-state index contributed by atoms with van der Waals surface area (Å²) in [7, 11) is 1.75. The van der Waals surface area contributed by atoms with E-state index in [1.165, 1.54) is 30.5 Å². The average molecular weight is 406 g/mol. The highest BCUT2D eigenvalue weighted by Gasteiger charge is 2.28. The van der Waals surface area contributed by atoms with Crippen LogP contribution >= 0.6 is 0 Å². The van der Waals surface area contributed by atoms with Crippen molar-refractivity contribution in [3.63, 3.8) is 0 Å². The van der Waals surface area contributed by atoms with Gasteiger partial charge in [-0.15, -0.1) is 5.10 Å². The standard InChI is InChI=1S/C23H27N5O2/c1-16-22(23(29)26(2)15-19-6-4-12-30-19)24-25-28(16)21-7-3-5-18-14-27(11-10-20(18)21)13-17-8-9-17/h3-7,12,17H,8-11,13-15H2,1-2H3. The molecule has 0 radical (unpaired) electrons. The highest BCUT2D eigenvalue weighted by atomic mass is 16.3. The molecule has 5 rings (SSSR count). The summed E-state index contributed by atoms with van der Waals surface area (Å²) >= 11 is 0. The van der Waals surface area contributed by atoms with E-state index >= 15 is 0 Å². The molecule has 0 unspecified atom stereocenters. The van der Waals surface area contributed by atoms with Crippen molar-refractivity contribution in [2.45, 2.75) is 39.3 Å². The molecule has 156 valence electrons. The first-order valence-electron chi connectivity index (χ1n) is 10.6. The van der Waals surface area contributed by atoms with Crippen molar-refractivity contribution < 1.29 is 9.21 Å². The molecule has 3 aromatic rings. The number of aromatic nitrogens is 3. The van der Waals surface area contributed by atoms with E-state index in [-0.39, 0.29) is 5.91 Å². The fourth-order valence-corrected chi connectivity index (χ4v) is 4.31. The lowest BCUT2D eigenvalue weighted by molar-refractivity contribution is 0.0769. The van der Waals surface area contributed by atoms with Gasteiger partial charge in [0.1, 0.15) is 5.76 Å². The number of hydrogen-bond acceptors (Lipinski definition) is 5. The molecule has 0 atom stereocenters. The van der Waals surface area contributed by atoms with E-state index in [0.29, 0.717) is 12.2 Å². The van der Waals surface area contributed by atoms with Crippen LogP contribution in [0, 0.1) is 12.8 Å². The predicted octanol–water partition coefficient (Wildman–Crippen LogP) is 3.21. The molecule has 0 saturated heterocycles. The SMILES string of the molecule is Cc1c(C(=O)N(C)Cc2ccco2)nnn1-c1cccc2c1CCN(CC1CC1)C2. The van der Waals surface area contributed by atoms with E-state index in [4.69, 9.17) is 4.42 Å². The molecule has 1 aliphatic carbocycles. The predicted molar refractivity (Wildman–Crippen MR) is 112 cm³/mol. The van der Waals surface area contributed by atoms with Crippen molar-refractivity contribution >= 4 is 5.91 Å². The van der Waals surface area contributed by atoms with Gasteiger partial charge in [-0.3, -0.25) is 9.69 Å². The Morgan fingerprint density at radius 3 is 2.90 bits per heavy atom. The molecule has 1 amide bonds. The zero-order valence-corrected chi connectivity index (χ0v) is 17.5. The van der Waals surface area contributed by atoms with E-state index in [0.717, 1.165) is 42.6 Å². The van der Waals surface area contributed by atoms with Crippen LogP contribution in [0.3, 0.4) is 0 Å². The smallest absolute Gasteiger partial charge is 0.276 e. The van der Waals surface area contributed by atoms with Gasteiger partial charge in [-0.1, -0.05) is 17.3 Å². The molecule has 0 spiro atoms. The Morgan fingerprint density at radius 1 is 1.27 bits per heavy atom. The van der Waals surface area contributed by atoms with Crippen LogP contribution in [0.1, 0.15) is 45.9 Å². The Balaban J connectivity index is 1.38. The summed E-state index contributed by atoms with van der Waals surface area (Å²) in [5.74, 6) is 1.48. The molecule has 30 heavy (non-hydrogen) atoms. The van der Waals surface area contributed by atoms with Crippen LogP contribution in [-0.4, -0.2) is 50.8 Å². The largest absolute Gasteiger partial charge is 0.467 e. The Morgan fingerprint density at radius 2 is 2.13 bits per heavy atom. The molecular formula is C23H27N5O2. The van der Waals surface area contributed by atoms with Crippen molar-refractivity contribution in [3.8, 4) is 5.69 Å². The molecule has 2 aliphatic rings. The van der Waals surface area contributed by atoms with Crippen LogP contribution in [0.5, 0.6) is 0 Å². The molecule has 1 aromatic carbocycles. The third-order valence-electron chi connectivity index (χ3n) is 6.18. The average Bonchev–Trinajstić information content (AvgIpc) is 3.26. The van der Waals surface area contributed by atoms with Gasteiger partial charge in [-0.05, 0) is 61.4 Å². The third-order valence-corrected chi connectivity index (χ3v) is 6.18. The van der Waals surface area contributed by atoms with Gasteiger partial charge in [-0.2, -0.15) is 0 Å². The minimum Gasteiger partial charge on any atom is -0.467 e. The summed E-state index contributed by atoms with van der Waals surface area (Å²) in [6.45, 7) is 5.59. The number of fused-ring (bicyclic) bond motifs is 1. The third kappa shape index (κ3) is 3.65. The Bertz CT molecular complexity index is 1050. The van der Waals surface area contributed by atoms with Crippen LogP contribution in [0.25, 0.3) is 5.69 Å². The van der Waals surface area contributed by atoms with E-state index in [1.807, 2.05) is 23.7 Å². The zero-order chi connectivity index (χ0) is 20.7. The topological polar surface area (TPSA) is 67.4 Å². The molecular weight excluding hydrogens is 378 g/mol. The minimum atomic E-state index is -0.157. The van der Waals surface area contributed by atoms with Gasteiger partial charge in [0.25, 0.3) is 5.91 Å². The Kier molecular flexibility index (Phi) is 4.90. The van der Waals surface area contributed by atoms with Crippen LogP contribution in [-0.2, 0) is 19.5 Å². The second-order valence-electron chi connectivity index (χ2n) is 8.52. The van der Waals surface area contributed by atoms with E-state index in [9.17, 15) is 4.79 Å². The van der Waals surface area contributed by atoms with Gasteiger partial charge in [0.15, 0.2) is 5.69 Å². The van der Waals surface area contributed by atoms with Gasteiger partial charge in [0.05, 0.1) is 24.2 Å². The molecule has 1 saturated carbocycles. The first-order chi connectivity index (χ1) is 14.6. The molecule has 3 heterocycles. The van der Waals surface area contributed by atoms with Crippen LogP contribution in [0.4, 0.5) is 0 Å². The molecule has 7 nitrogen and oxygen atoms in total. The zero-order valence-electron chi connectivity index (χ0n) is 17.5. The van der Waals surface area contributed by atoms with Crippen molar-refractivity contribution in [2.75, 3.05) is 20.1 Å². The van der Waals surface area contributed by atoms with Gasteiger partial charge in [-0.25, -0.2) is 4.68 Å². The van der Waals surface area contributed by atoms with Crippen molar-refractivity contribution in [3.05, 3.63) is 64.9 Å². The number of furan rings is 1. The molecule has 0 bridgehead atoms. The quantitative estimate of drug-likeness (QED) is 0.630. The van der Waals surface area contributed by atoms with Gasteiger partial charge in [0, 0.05) is 26.7 Å². The summed E-state index contributed by atoms with van der Waals surface area (Å²) in [6, 6.07) is 10.1. The number of nitrogens with zero attached hydrogens (tertiary/aromatic N) is 5. The molecule has 1 aliphatic heterocycles. The van der Waals surface area contributed by atoms with Crippen molar-refractivity contribution in [1.29, 1.82) is 0 Å². The summed E-state index contributed by atoms with van der Waals surface area (Å²) in [5, 5.41) is 8.59. The maximum absolute atomic E-state index is 12.9. The van der Waals surface area contributed by atoms with E-state index in [2.05, 4.69) is 33.4 Å². The van der Waals surface area contributed by atoms with Gasteiger partial charge in [0.2, 0.25) is 0 Å². The lowest BCUT2D eigenvalue weighted by Gasteiger charge is -2.30. The van der Waals surface area contributed by atoms with E-state index in [1.54, 1.807) is 18.2 Å². The first kappa shape index (κ1) is 19.1. The van der Waals surface area contributed by atoms with Crippen LogP contribution in [0.2, 0.25) is 0 Å². The highest BCUT2D eigenvalue weighted by Crippen LogP contribution is 2.32. The maximum Gasteiger partial charge on any atom is 0.276 e. The first-order valence-corrected chi connectivity index (χ1v) is 10.6. The number of benzene rings is 1. The number of rotatable bonds is 6.